The van der Waals surface area contributed by atoms with Crippen LogP contribution in [0.25, 0.3) is 5.69 Å². The maximum atomic E-state index is 13.0. The molecule has 30 heavy (non-hydrogen) atoms. The summed E-state index contributed by atoms with van der Waals surface area (Å²) >= 11 is 0. The van der Waals surface area contributed by atoms with Crippen molar-refractivity contribution in [1.82, 2.24) is 19.2 Å². The number of rotatable bonds is 5. The molecule has 0 unspecified atom stereocenters. The van der Waals surface area contributed by atoms with Crippen LogP contribution >= 0.6 is 0 Å². The van der Waals surface area contributed by atoms with E-state index in [0.29, 0.717) is 5.69 Å². The lowest BCUT2D eigenvalue weighted by Crippen LogP contribution is -2.39. The van der Waals surface area contributed by atoms with Gasteiger partial charge in [0, 0.05) is 18.7 Å². The molecule has 1 aliphatic rings. The number of nitrogens with one attached hydrogen (secondary N) is 1. The fourth-order valence-electron chi connectivity index (χ4n) is 3.85. The highest BCUT2D eigenvalue weighted by molar-refractivity contribution is 5.92. The summed E-state index contributed by atoms with van der Waals surface area (Å²) in [6.07, 6.45) is 1.63. The number of likely N-dealkylation sites (tertiary alicyclic amines) is 1. The van der Waals surface area contributed by atoms with E-state index in [0.717, 1.165) is 37.4 Å². The Morgan fingerprint density at radius 2 is 1.77 bits per heavy atom. The van der Waals surface area contributed by atoms with Crippen LogP contribution in [0, 0.1) is 5.82 Å². The molecule has 3 aromatic rings. The van der Waals surface area contributed by atoms with Crippen molar-refractivity contribution in [3.8, 4) is 5.69 Å². The number of benzene rings is 2. The van der Waals surface area contributed by atoms with Crippen LogP contribution in [0.1, 0.15) is 24.6 Å². The molecule has 0 atom stereocenters. The van der Waals surface area contributed by atoms with Crippen molar-refractivity contribution in [1.29, 1.82) is 0 Å². The Kier molecular flexibility index (Phi) is 5.76. The molecule has 0 bridgehead atoms. The van der Waals surface area contributed by atoms with Crippen molar-refractivity contribution in [2.45, 2.75) is 18.8 Å². The molecule has 0 radical (unpaired) electrons. The Hall–Kier alpha value is -3.26. The van der Waals surface area contributed by atoms with Crippen LogP contribution < -0.4 is 11.0 Å². The molecular weight excluding hydrogens is 385 g/mol. The number of hydrogen-bond acceptors (Lipinski definition) is 4. The van der Waals surface area contributed by atoms with E-state index in [9.17, 15) is 14.0 Å². The molecule has 2 heterocycles. The van der Waals surface area contributed by atoms with Crippen LogP contribution in [0.15, 0.2) is 59.4 Å². The van der Waals surface area contributed by atoms with Crippen molar-refractivity contribution in [2.75, 3.05) is 25.0 Å². The average Bonchev–Trinajstić information content (AvgIpc) is 3.05. The number of anilines is 1. The van der Waals surface area contributed by atoms with E-state index in [1.165, 1.54) is 16.8 Å². The summed E-state index contributed by atoms with van der Waals surface area (Å²) < 4.78 is 16.0. The molecule has 1 N–H and O–H groups in total. The van der Waals surface area contributed by atoms with Crippen molar-refractivity contribution in [3.05, 3.63) is 76.7 Å². The Labute approximate surface area is 173 Å². The number of piperidine rings is 1. The highest BCUT2D eigenvalue weighted by Gasteiger charge is 2.27. The van der Waals surface area contributed by atoms with E-state index in [4.69, 9.17) is 0 Å². The molecule has 156 valence electrons. The van der Waals surface area contributed by atoms with Crippen molar-refractivity contribution >= 4 is 11.6 Å². The van der Waals surface area contributed by atoms with Gasteiger partial charge in [-0.1, -0.05) is 18.2 Å². The number of para-hydroxylation sites is 1. The SMILES string of the molecule is Cn1nc(C2CCN(CC(=O)Nc3ccc(F)cc3)CC2)n(-c2ccccc2)c1=O. The van der Waals surface area contributed by atoms with E-state index >= 15 is 0 Å². The number of halogens is 1. The van der Waals surface area contributed by atoms with E-state index in [2.05, 4.69) is 15.3 Å². The molecule has 8 heteroatoms. The summed E-state index contributed by atoms with van der Waals surface area (Å²) in [5, 5.41) is 7.29. The molecule has 1 amide bonds. The van der Waals surface area contributed by atoms with Gasteiger partial charge in [0.2, 0.25) is 5.91 Å². The lowest BCUT2D eigenvalue weighted by atomic mass is 9.95. The second-order valence-corrected chi connectivity index (χ2v) is 7.54. The first-order valence-electron chi connectivity index (χ1n) is 10.0. The molecule has 0 saturated carbocycles. The Morgan fingerprint density at radius 1 is 1.10 bits per heavy atom. The summed E-state index contributed by atoms with van der Waals surface area (Å²) in [4.78, 5) is 27.0. The van der Waals surface area contributed by atoms with Gasteiger partial charge in [-0.15, -0.1) is 0 Å². The van der Waals surface area contributed by atoms with E-state index in [1.807, 2.05) is 30.3 Å². The largest absolute Gasteiger partial charge is 0.350 e. The molecular formula is C22H24FN5O2. The van der Waals surface area contributed by atoms with Crippen molar-refractivity contribution in [3.63, 3.8) is 0 Å². The van der Waals surface area contributed by atoms with Crippen LogP contribution in [-0.4, -0.2) is 44.8 Å². The number of carbonyl (C=O) groups is 1. The van der Waals surface area contributed by atoms with Crippen LogP contribution in [0.2, 0.25) is 0 Å². The molecule has 0 spiro atoms. The molecule has 1 aliphatic heterocycles. The van der Waals surface area contributed by atoms with Gasteiger partial charge in [0.15, 0.2) is 0 Å². The van der Waals surface area contributed by atoms with Crippen LogP contribution in [-0.2, 0) is 11.8 Å². The standard InChI is InChI=1S/C22H24FN5O2/c1-26-22(30)28(19-5-3-2-4-6-19)21(25-26)16-11-13-27(14-12-16)15-20(29)24-18-9-7-17(23)8-10-18/h2-10,16H,11-15H2,1H3,(H,24,29). The fraction of sp³-hybridized carbons (Fsp3) is 0.318. The van der Waals surface area contributed by atoms with Gasteiger partial charge >= 0.3 is 5.69 Å². The highest BCUT2D eigenvalue weighted by Crippen LogP contribution is 2.27. The summed E-state index contributed by atoms with van der Waals surface area (Å²) in [6, 6.07) is 15.3. The second kappa shape index (κ2) is 8.62. The molecule has 2 aromatic carbocycles. The summed E-state index contributed by atoms with van der Waals surface area (Å²) in [6.45, 7) is 1.75. The quantitative estimate of drug-likeness (QED) is 0.703. The number of amides is 1. The Bertz CT molecular complexity index is 1070. The molecule has 7 nitrogen and oxygen atoms in total. The Balaban J connectivity index is 1.39. The Morgan fingerprint density at radius 3 is 2.43 bits per heavy atom. The smallest absolute Gasteiger partial charge is 0.325 e. The topological polar surface area (TPSA) is 72.2 Å². The number of aryl methyl sites for hydroxylation is 1. The predicted molar refractivity (Wildman–Crippen MR) is 112 cm³/mol. The van der Waals surface area contributed by atoms with Gasteiger partial charge in [-0.3, -0.25) is 9.69 Å². The summed E-state index contributed by atoms with van der Waals surface area (Å²) in [7, 11) is 1.67. The minimum atomic E-state index is -0.335. The van der Waals surface area contributed by atoms with E-state index in [1.54, 1.807) is 23.7 Å². The maximum Gasteiger partial charge on any atom is 0.350 e. The van der Waals surface area contributed by atoms with Gasteiger partial charge in [-0.2, -0.15) is 5.10 Å². The first-order valence-corrected chi connectivity index (χ1v) is 10.0. The minimum absolute atomic E-state index is 0.126. The second-order valence-electron chi connectivity index (χ2n) is 7.54. The molecule has 1 aromatic heterocycles. The zero-order valence-corrected chi connectivity index (χ0v) is 16.8. The zero-order valence-electron chi connectivity index (χ0n) is 16.8. The third-order valence-corrected chi connectivity index (χ3v) is 5.41. The third kappa shape index (κ3) is 4.33. The van der Waals surface area contributed by atoms with Gasteiger partial charge in [-0.25, -0.2) is 18.4 Å². The van der Waals surface area contributed by atoms with E-state index in [-0.39, 0.29) is 29.9 Å². The van der Waals surface area contributed by atoms with Gasteiger partial charge in [0.1, 0.15) is 11.6 Å². The van der Waals surface area contributed by atoms with Crippen LogP contribution in [0.4, 0.5) is 10.1 Å². The van der Waals surface area contributed by atoms with Gasteiger partial charge < -0.3 is 5.32 Å². The van der Waals surface area contributed by atoms with Gasteiger partial charge in [-0.05, 0) is 62.3 Å². The third-order valence-electron chi connectivity index (χ3n) is 5.41. The molecule has 0 aliphatic carbocycles. The zero-order chi connectivity index (χ0) is 21.1. The molecule has 1 fully saturated rings. The normalized spacial score (nSPS) is 15.3. The minimum Gasteiger partial charge on any atom is -0.325 e. The van der Waals surface area contributed by atoms with Gasteiger partial charge in [0.05, 0.1) is 12.2 Å². The number of carbonyl (C=O) groups excluding carboxylic acids is 1. The van der Waals surface area contributed by atoms with E-state index < -0.39 is 0 Å². The first kappa shape index (κ1) is 20.0. The van der Waals surface area contributed by atoms with Crippen LogP contribution in [0.3, 0.4) is 0 Å². The van der Waals surface area contributed by atoms with Gasteiger partial charge in [0.25, 0.3) is 0 Å². The lowest BCUT2D eigenvalue weighted by molar-refractivity contribution is -0.117. The summed E-state index contributed by atoms with van der Waals surface area (Å²) in [5.74, 6) is 0.456. The predicted octanol–water partition coefficient (Wildman–Crippen LogP) is 2.53. The van der Waals surface area contributed by atoms with Crippen LogP contribution in [0.5, 0.6) is 0 Å². The molecule has 1 saturated heterocycles. The highest BCUT2D eigenvalue weighted by atomic mass is 19.1. The number of aromatic nitrogens is 3. The lowest BCUT2D eigenvalue weighted by Gasteiger charge is -2.31. The fourth-order valence-corrected chi connectivity index (χ4v) is 3.85. The first-order chi connectivity index (χ1) is 14.5. The number of nitrogens with zero attached hydrogens (tertiary/aromatic N) is 4. The average molecular weight is 409 g/mol. The number of hydrogen-bond donors (Lipinski definition) is 1. The van der Waals surface area contributed by atoms with Crippen molar-refractivity contribution in [2.24, 2.45) is 7.05 Å². The maximum absolute atomic E-state index is 13.0. The monoisotopic (exact) mass is 409 g/mol. The van der Waals surface area contributed by atoms with Crippen molar-refractivity contribution < 1.29 is 9.18 Å². The molecule has 4 rings (SSSR count). The summed E-state index contributed by atoms with van der Waals surface area (Å²) in [5.41, 5.74) is 1.24.